The van der Waals surface area contributed by atoms with Crippen LogP contribution < -0.4 is 4.74 Å². The SMILES string of the molecule is COc1c(C2(O)CCc3ccccc32)ccc(C)c1C. The Hall–Kier alpha value is -1.80. The van der Waals surface area contributed by atoms with Crippen LogP contribution in [0.3, 0.4) is 0 Å². The number of fused-ring (bicyclic) bond motifs is 1. The molecule has 0 spiro atoms. The molecule has 1 atom stereocenters. The second-order valence-electron chi connectivity index (χ2n) is 5.61. The molecule has 2 aromatic carbocycles. The van der Waals surface area contributed by atoms with Crippen LogP contribution in [0.25, 0.3) is 0 Å². The second-order valence-corrected chi connectivity index (χ2v) is 5.61. The van der Waals surface area contributed by atoms with Crippen molar-refractivity contribution in [2.75, 3.05) is 7.11 Å². The zero-order valence-electron chi connectivity index (χ0n) is 12.2. The summed E-state index contributed by atoms with van der Waals surface area (Å²) in [4.78, 5) is 0. The maximum Gasteiger partial charge on any atom is 0.128 e. The molecule has 0 aliphatic heterocycles. The Morgan fingerprint density at radius 2 is 1.80 bits per heavy atom. The summed E-state index contributed by atoms with van der Waals surface area (Å²) < 4.78 is 5.59. The van der Waals surface area contributed by atoms with Crippen LogP contribution in [0.15, 0.2) is 36.4 Å². The molecule has 0 saturated heterocycles. The highest BCUT2D eigenvalue weighted by Crippen LogP contribution is 2.46. The number of benzene rings is 2. The van der Waals surface area contributed by atoms with E-state index in [2.05, 4.69) is 19.1 Å². The minimum atomic E-state index is -0.930. The molecule has 0 fully saturated rings. The quantitative estimate of drug-likeness (QED) is 0.903. The first-order chi connectivity index (χ1) is 9.58. The molecule has 0 radical (unpaired) electrons. The van der Waals surface area contributed by atoms with Gasteiger partial charge in [0, 0.05) is 5.56 Å². The van der Waals surface area contributed by atoms with Gasteiger partial charge in [-0.25, -0.2) is 0 Å². The first-order valence-electron chi connectivity index (χ1n) is 7.03. The van der Waals surface area contributed by atoms with E-state index in [1.165, 1.54) is 11.1 Å². The van der Waals surface area contributed by atoms with Gasteiger partial charge in [-0.15, -0.1) is 0 Å². The Kier molecular flexibility index (Phi) is 3.06. The lowest BCUT2D eigenvalue weighted by Crippen LogP contribution is -2.25. The molecule has 2 aromatic rings. The van der Waals surface area contributed by atoms with Crippen LogP contribution in [0.4, 0.5) is 0 Å². The molecular formula is C18H20O2. The van der Waals surface area contributed by atoms with E-state index < -0.39 is 5.60 Å². The van der Waals surface area contributed by atoms with Gasteiger partial charge in [-0.2, -0.15) is 0 Å². The average molecular weight is 268 g/mol. The van der Waals surface area contributed by atoms with Crippen LogP contribution >= 0.6 is 0 Å². The van der Waals surface area contributed by atoms with Crippen LogP contribution in [0.5, 0.6) is 5.75 Å². The van der Waals surface area contributed by atoms with Gasteiger partial charge in [0.2, 0.25) is 0 Å². The zero-order chi connectivity index (χ0) is 14.3. The predicted molar refractivity (Wildman–Crippen MR) is 80.2 cm³/mol. The second kappa shape index (κ2) is 4.64. The third-order valence-electron chi connectivity index (χ3n) is 4.55. The van der Waals surface area contributed by atoms with Crippen molar-refractivity contribution in [2.45, 2.75) is 32.3 Å². The molecule has 3 rings (SSSR count). The summed E-state index contributed by atoms with van der Waals surface area (Å²) in [5, 5.41) is 11.3. The third-order valence-corrected chi connectivity index (χ3v) is 4.55. The molecule has 0 heterocycles. The van der Waals surface area contributed by atoms with Gasteiger partial charge in [0.15, 0.2) is 0 Å². The van der Waals surface area contributed by atoms with Crippen LogP contribution in [-0.4, -0.2) is 12.2 Å². The summed E-state index contributed by atoms with van der Waals surface area (Å²) in [6.07, 6.45) is 1.62. The van der Waals surface area contributed by atoms with Crippen molar-refractivity contribution >= 4 is 0 Å². The molecular weight excluding hydrogens is 248 g/mol. The van der Waals surface area contributed by atoms with Crippen molar-refractivity contribution < 1.29 is 9.84 Å². The number of rotatable bonds is 2. The van der Waals surface area contributed by atoms with E-state index in [4.69, 9.17) is 4.74 Å². The van der Waals surface area contributed by atoms with Crippen molar-refractivity contribution in [3.05, 3.63) is 64.2 Å². The molecule has 1 aliphatic rings. The Bertz CT molecular complexity index is 660. The van der Waals surface area contributed by atoms with Crippen LogP contribution in [0.2, 0.25) is 0 Å². The van der Waals surface area contributed by atoms with Gasteiger partial charge in [0.1, 0.15) is 11.4 Å². The maximum atomic E-state index is 11.3. The van der Waals surface area contributed by atoms with E-state index in [1.807, 2.05) is 31.2 Å². The van der Waals surface area contributed by atoms with Gasteiger partial charge in [-0.05, 0) is 48.9 Å². The molecule has 2 nitrogen and oxygen atoms in total. The van der Waals surface area contributed by atoms with Crippen LogP contribution in [0.1, 0.15) is 34.2 Å². The molecule has 2 heteroatoms. The summed E-state index contributed by atoms with van der Waals surface area (Å²) >= 11 is 0. The standard InChI is InChI=1S/C18H20O2/c1-12-8-9-16(17(20-3)13(12)2)18(19)11-10-14-6-4-5-7-15(14)18/h4-9,19H,10-11H2,1-3H3. The van der Waals surface area contributed by atoms with Gasteiger partial charge in [0.25, 0.3) is 0 Å². The Morgan fingerprint density at radius 1 is 1.05 bits per heavy atom. The fourth-order valence-corrected chi connectivity index (χ4v) is 3.25. The van der Waals surface area contributed by atoms with Gasteiger partial charge >= 0.3 is 0 Å². The molecule has 0 bridgehead atoms. The third kappa shape index (κ3) is 1.75. The number of aryl methyl sites for hydroxylation is 2. The van der Waals surface area contributed by atoms with Gasteiger partial charge < -0.3 is 9.84 Å². The Morgan fingerprint density at radius 3 is 2.55 bits per heavy atom. The van der Waals surface area contributed by atoms with Crippen molar-refractivity contribution in [3.63, 3.8) is 0 Å². The normalized spacial score (nSPS) is 20.8. The van der Waals surface area contributed by atoms with Crippen LogP contribution in [0, 0.1) is 13.8 Å². The van der Waals surface area contributed by atoms with Crippen molar-refractivity contribution in [1.82, 2.24) is 0 Å². The highest BCUT2D eigenvalue weighted by atomic mass is 16.5. The number of aliphatic hydroxyl groups is 1. The Balaban J connectivity index is 2.22. The topological polar surface area (TPSA) is 29.5 Å². The molecule has 0 amide bonds. The molecule has 1 N–H and O–H groups in total. The predicted octanol–water partition coefficient (Wildman–Crippen LogP) is 3.49. The first-order valence-corrected chi connectivity index (χ1v) is 7.03. The van der Waals surface area contributed by atoms with Crippen molar-refractivity contribution in [2.24, 2.45) is 0 Å². The fourth-order valence-electron chi connectivity index (χ4n) is 3.25. The monoisotopic (exact) mass is 268 g/mol. The molecule has 1 aliphatic carbocycles. The lowest BCUT2D eigenvalue weighted by molar-refractivity contribution is 0.0798. The van der Waals surface area contributed by atoms with Crippen molar-refractivity contribution in [1.29, 1.82) is 0 Å². The van der Waals surface area contributed by atoms with Gasteiger partial charge in [-0.1, -0.05) is 36.4 Å². The van der Waals surface area contributed by atoms with Gasteiger partial charge in [0.05, 0.1) is 7.11 Å². The smallest absolute Gasteiger partial charge is 0.128 e. The van der Waals surface area contributed by atoms with Crippen molar-refractivity contribution in [3.8, 4) is 5.75 Å². The number of hydrogen-bond donors (Lipinski definition) is 1. The summed E-state index contributed by atoms with van der Waals surface area (Å²) in [7, 11) is 1.68. The fraction of sp³-hybridized carbons (Fsp3) is 0.333. The summed E-state index contributed by atoms with van der Waals surface area (Å²) in [5.41, 5.74) is 4.48. The molecule has 0 saturated carbocycles. The number of methoxy groups -OCH3 is 1. The highest BCUT2D eigenvalue weighted by Gasteiger charge is 2.40. The molecule has 104 valence electrons. The van der Waals surface area contributed by atoms with E-state index in [0.717, 1.165) is 28.9 Å². The van der Waals surface area contributed by atoms with E-state index in [9.17, 15) is 5.11 Å². The van der Waals surface area contributed by atoms with Gasteiger partial charge in [-0.3, -0.25) is 0 Å². The number of hydrogen-bond acceptors (Lipinski definition) is 2. The van der Waals surface area contributed by atoms with E-state index in [-0.39, 0.29) is 0 Å². The Labute approximate surface area is 120 Å². The van der Waals surface area contributed by atoms with E-state index in [0.29, 0.717) is 6.42 Å². The molecule has 20 heavy (non-hydrogen) atoms. The summed E-state index contributed by atoms with van der Waals surface area (Å²) in [5.74, 6) is 0.809. The maximum absolute atomic E-state index is 11.3. The molecule has 1 unspecified atom stereocenters. The minimum Gasteiger partial charge on any atom is -0.496 e. The van der Waals surface area contributed by atoms with E-state index >= 15 is 0 Å². The van der Waals surface area contributed by atoms with Crippen LogP contribution in [-0.2, 0) is 12.0 Å². The largest absolute Gasteiger partial charge is 0.496 e. The molecule has 0 aromatic heterocycles. The minimum absolute atomic E-state index is 0.713. The summed E-state index contributed by atoms with van der Waals surface area (Å²) in [6.45, 7) is 4.11. The lowest BCUT2D eigenvalue weighted by Gasteiger charge is -2.28. The summed E-state index contributed by atoms with van der Waals surface area (Å²) in [6, 6.07) is 12.2. The average Bonchev–Trinajstić information content (AvgIpc) is 2.81. The lowest BCUT2D eigenvalue weighted by atomic mass is 9.85. The first kappa shape index (κ1) is 13.2. The zero-order valence-corrected chi connectivity index (χ0v) is 12.2. The van der Waals surface area contributed by atoms with E-state index in [1.54, 1.807) is 7.11 Å². The number of ether oxygens (including phenoxy) is 1. The highest BCUT2D eigenvalue weighted by molar-refractivity contribution is 5.54.